The zero-order valence-electron chi connectivity index (χ0n) is 15.7. The highest BCUT2D eigenvalue weighted by Gasteiger charge is 2.29. The molecule has 0 bridgehead atoms. The fraction of sp³-hybridized carbons (Fsp3) is 0.556. The topological polar surface area (TPSA) is 80.4 Å². The van der Waals surface area contributed by atoms with Gasteiger partial charge in [0.05, 0.1) is 23.7 Å². The summed E-state index contributed by atoms with van der Waals surface area (Å²) in [6, 6.07) is 3.39. The highest BCUT2D eigenvalue weighted by molar-refractivity contribution is 5.79. The quantitative estimate of drug-likeness (QED) is 0.785. The van der Waals surface area contributed by atoms with Crippen LogP contribution in [0, 0.1) is 0 Å². The molecule has 1 amide bonds. The number of carbonyl (C=O) groups is 1. The maximum Gasteiger partial charge on any atom is 0.332 e. The average molecular weight is 359 g/mol. The number of likely N-dealkylation sites (N-methyl/N-ethyl adjacent to an activating group) is 1. The van der Waals surface area contributed by atoms with Gasteiger partial charge in [-0.15, -0.1) is 0 Å². The van der Waals surface area contributed by atoms with Gasteiger partial charge in [0.15, 0.2) is 0 Å². The van der Waals surface area contributed by atoms with E-state index in [2.05, 4.69) is 4.98 Å². The van der Waals surface area contributed by atoms with Gasteiger partial charge in [-0.25, -0.2) is 9.78 Å². The molecule has 0 saturated carbocycles. The molecule has 140 valence electrons. The third-order valence-electron chi connectivity index (χ3n) is 4.94. The van der Waals surface area contributed by atoms with Gasteiger partial charge < -0.3 is 9.80 Å². The molecular weight excluding hydrogens is 334 g/mol. The van der Waals surface area contributed by atoms with Gasteiger partial charge in [-0.2, -0.15) is 0 Å². The Kier molecular flexibility index (Phi) is 4.95. The molecule has 0 unspecified atom stereocenters. The maximum absolute atomic E-state index is 12.6. The van der Waals surface area contributed by atoms with Crippen molar-refractivity contribution in [3.8, 4) is 0 Å². The highest BCUT2D eigenvalue weighted by Crippen LogP contribution is 2.30. The number of likely N-dealkylation sites (tertiary alicyclic amines) is 1. The Morgan fingerprint density at radius 3 is 2.62 bits per heavy atom. The van der Waals surface area contributed by atoms with E-state index in [1.165, 1.54) is 11.6 Å². The monoisotopic (exact) mass is 359 g/mol. The summed E-state index contributed by atoms with van der Waals surface area (Å²) in [5, 5.41) is 0.403. The maximum atomic E-state index is 12.6. The minimum atomic E-state index is -0.406. The number of aromatic nitrogens is 3. The molecule has 3 heterocycles. The molecule has 1 saturated heterocycles. The Hall–Kier alpha value is -2.48. The van der Waals surface area contributed by atoms with Crippen molar-refractivity contribution in [3.05, 3.63) is 38.7 Å². The molecule has 0 spiro atoms. The second kappa shape index (κ2) is 7.03. The first-order chi connectivity index (χ1) is 12.3. The molecule has 8 nitrogen and oxygen atoms in total. The van der Waals surface area contributed by atoms with Crippen LogP contribution in [0.2, 0.25) is 0 Å². The zero-order chi connectivity index (χ0) is 19.0. The van der Waals surface area contributed by atoms with Crippen LogP contribution in [0.5, 0.6) is 0 Å². The summed E-state index contributed by atoms with van der Waals surface area (Å²) in [6.45, 7) is 1.05. The molecule has 0 aliphatic carbocycles. The number of amides is 1. The van der Waals surface area contributed by atoms with Gasteiger partial charge in [0.1, 0.15) is 5.65 Å². The molecule has 2 aromatic rings. The number of rotatable bonds is 3. The van der Waals surface area contributed by atoms with Crippen molar-refractivity contribution < 1.29 is 4.79 Å². The second-order valence-electron chi connectivity index (χ2n) is 7.15. The molecule has 3 rings (SSSR count). The van der Waals surface area contributed by atoms with Crippen LogP contribution < -0.4 is 11.2 Å². The lowest BCUT2D eigenvalue weighted by Crippen LogP contribution is -2.43. The molecule has 8 heteroatoms. The summed E-state index contributed by atoms with van der Waals surface area (Å²) >= 11 is 0. The molecule has 2 aromatic heterocycles. The van der Waals surface area contributed by atoms with Crippen LogP contribution in [-0.4, -0.2) is 57.0 Å². The van der Waals surface area contributed by atoms with Crippen molar-refractivity contribution in [2.75, 3.05) is 27.2 Å². The number of nitrogens with zero attached hydrogens (tertiary/aromatic N) is 5. The number of pyridine rings is 1. The number of hydrogen-bond acceptors (Lipinski definition) is 5. The molecule has 1 atom stereocenters. The van der Waals surface area contributed by atoms with Crippen molar-refractivity contribution in [1.82, 2.24) is 23.9 Å². The van der Waals surface area contributed by atoms with Crippen molar-refractivity contribution in [3.63, 3.8) is 0 Å². The first-order valence-electron chi connectivity index (χ1n) is 8.82. The predicted molar refractivity (Wildman–Crippen MR) is 99.1 cm³/mol. The first-order valence-corrected chi connectivity index (χ1v) is 8.82. The molecule has 0 radical (unpaired) electrons. The summed E-state index contributed by atoms with van der Waals surface area (Å²) in [7, 11) is 6.81. The van der Waals surface area contributed by atoms with Gasteiger partial charge in [-0.05, 0) is 45.5 Å². The largest absolute Gasteiger partial charge is 0.333 e. The number of aryl methyl sites for hydroxylation is 1. The Bertz CT molecular complexity index is 960. The van der Waals surface area contributed by atoms with Crippen LogP contribution in [-0.2, 0) is 18.9 Å². The Morgan fingerprint density at radius 1 is 1.19 bits per heavy atom. The van der Waals surface area contributed by atoms with Crippen LogP contribution in [0.25, 0.3) is 11.0 Å². The number of piperidine rings is 1. The Labute approximate surface area is 151 Å². The van der Waals surface area contributed by atoms with Crippen LogP contribution >= 0.6 is 0 Å². The van der Waals surface area contributed by atoms with Crippen LogP contribution in [0.4, 0.5) is 0 Å². The number of carbonyl (C=O) groups excluding carboxylic acids is 1. The first kappa shape index (κ1) is 18.3. The average Bonchev–Trinajstić information content (AvgIpc) is 2.63. The normalized spacial score (nSPS) is 17.9. The van der Waals surface area contributed by atoms with E-state index in [4.69, 9.17) is 0 Å². The van der Waals surface area contributed by atoms with Crippen molar-refractivity contribution in [2.45, 2.75) is 25.3 Å². The van der Waals surface area contributed by atoms with E-state index < -0.39 is 5.69 Å². The molecule has 26 heavy (non-hydrogen) atoms. The standard InChI is InChI=1S/C18H25N5O3/c1-20(2)11-15(24)23-10-6-5-7-14(23)13-9-8-12-16(19-13)21(3)18(26)22(4)17(12)25/h8-9,14H,5-7,10-11H2,1-4H3/t14-/m1/s1. The van der Waals surface area contributed by atoms with Gasteiger partial charge in [0.2, 0.25) is 5.91 Å². The van der Waals surface area contributed by atoms with Gasteiger partial charge in [0, 0.05) is 20.6 Å². The summed E-state index contributed by atoms with van der Waals surface area (Å²) < 4.78 is 2.46. The van der Waals surface area contributed by atoms with E-state index >= 15 is 0 Å². The molecule has 1 aliphatic rings. The van der Waals surface area contributed by atoms with Crippen molar-refractivity contribution in [2.24, 2.45) is 14.1 Å². The minimum Gasteiger partial charge on any atom is -0.333 e. The molecular formula is C18H25N5O3. The van der Waals surface area contributed by atoms with Gasteiger partial charge >= 0.3 is 5.69 Å². The SMILES string of the molecule is CN(C)CC(=O)N1CCCC[C@@H]1c1ccc2c(=O)n(C)c(=O)n(C)c2n1. The second-order valence-corrected chi connectivity index (χ2v) is 7.15. The zero-order valence-corrected chi connectivity index (χ0v) is 15.7. The lowest BCUT2D eigenvalue weighted by Gasteiger charge is -2.36. The summed E-state index contributed by atoms with van der Waals surface area (Å²) in [6.07, 6.45) is 2.82. The number of hydrogen-bond donors (Lipinski definition) is 0. The van der Waals surface area contributed by atoms with E-state index in [0.717, 1.165) is 29.5 Å². The van der Waals surface area contributed by atoms with E-state index in [9.17, 15) is 14.4 Å². The smallest absolute Gasteiger partial charge is 0.332 e. The molecule has 1 aliphatic heterocycles. The van der Waals surface area contributed by atoms with Crippen LogP contribution in [0.1, 0.15) is 31.0 Å². The minimum absolute atomic E-state index is 0.0689. The third-order valence-corrected chi connectivity index (χ3v) is 4.94. The number of fused-ring (bicyclic) bond motifs is 1. The molecule has 0 aromatic carbocycles. The van der Waals surface area contributed by atoms with Crippen molar-refractivity contribution in [1.29, 1.82) is 0 Å². The highest BCUT2D eigenvalue weighted by atomic mass is 16.2. The summed E-state index contributed by atoms with van der Waals surface area (Å²) in [4.78, 5) is 45.5. The van der Waals surface area contributed by atoms with E-state index in [1.807, 2.05) is 23.9 Å². The lowest BCUT2D eigenvalue weighted by molar-refractivity contribution is -0.135. The molecule has 1 fully saturated rings. The van der Waals surface area contributed by atoms with E-state index in [0.29, 0.717) is 24.1 Å². The summed E-state index contributed by atoms with van der Waals surface area (Å²) in [5.41, 5.74) is 0.330. The van der Waals surface area contributed by atoms with Crippen LogP contribution in [0.3, 0.4) is 0 Å². The van der Waals surface area contributed by atoms with Crippen LogP contribution in [0.15, 0.2) is 21.7 Å². The van der Waals surface area contributed by atoms with Crippen molar-refractivity contribution >= 4 is 16.9 Å². The Morgan fingerprint density at radius 2 is 1.92 bits per heavy atom. The predicted octanol–water partition coefficient (Wildman–Crippen LogP) is 0.247. The van der Waals surface area contributed by atoms with E-state index in [-0.39, 0.29) is 17.5 Å². The molecule has 0 N–H and O–H groups in total. The van der Waals surface area contributed by atoms with Gasteiger partial charge in [-0.3, -0.25) is 18.7 Å². The third kappa shape index (κ3) is 3.16. The Balaban J connectivity index is 2.07. The fourth-order valence-electron chi connectivity index (χ4n) is 3.55. The van der Waals surface area contributed by atoms with E-state index in [1.54, 1.807) is 19.2 Å². The van der Waals surface area contributed by atoms with Gasteiger partial charge in [-0.1, -0.05) is 0 Å². The van der Waals surface area contributed by atoms with Gasteiger partial charge in [0.25, 0.3) is 5.56 Å². The fourth-order valence-corrected chi connectivity index (χ4v) is 3.55. The summed E-state index contributed by atoms with van der Waals surface area (Å²) in [5.74, 6) is 0.0689. The lowest BCUT2D eigenvalue weighted by atomic mass is 9.98.